The van der Waals surface area contributed by atoms with Crippen LogP contribution in [0.2, 0.25) is 0 Å². The van der Waals surface area contributed by atoms with E-state index in [9.17, 15) is 9.59 Å². The molecular weight excluding hydrogens is 224 g/mol. The lowest BCUT2D eigenvalue weighted by Crippen LogP contribution is -2.39. The van der Waals surface area contributed by atoms with Gasteiger partial charge in [-0.2, -0.15) is 5.10 Å². The normalized spacial score (nSPS) is 20.1. The van der Waals surface area contributed by atoms with Gasteiger partial charge in [-0.05, 0) is 19.3 Å². The minimum atomic E-state index is -0.332. The lowest BCUT2D eigenvalue weighted by Gasteiger charge is -2.21. The van der Waals surface area contributed by atoms with Gasteiger partial charge in [0.1, 0.15) is 11.9 Å². The van der Waals surface area contributed by atoms with Gasteiger partial charge < -0.3 is 10.1 Å². The van der Waals surface area contributed by atoms with Gasteiger partial charge in [-0.25, -0.2) is 9.89 Å². The van der Waals surface area contributed by atoms with Crippen LogP contribution in [0.3, 0.4) is 0 Å². The van der Waals surface area contributed by atoms with E-state index in [-0.39, 0.29) is 17.7 Å². The van der Waals surface area contributed by atoms with E-state index in [1.54, 1.807) is 0 Å². The van der Waals surface area contributed by atoms with E-state index in [0.29, 0.717) is 25.4 Å². The highest BCUT2D eigenvalue weighted by Gasteiger charge is 2.21. The second-order valence-electron chi connectivity index (χ2n) is 4.02. The zero-order chi connectivity index (χ0) is 12.1. The van der Waals surface area contributed by atoms with Crippen LogP contribution >= 0.6 is 0 Å². The van der Waals surface area contributed by atoms with Crippen LogP contribution in [0.4, 0.5) is 0 Å². The van der Waals surface area contributed by atoms with Crippen LogP contribution in [-0.2, 0) is 16.0 Å². The second kappa shape index (κ2) is 5.62. The number of nitrogens with one attached hydrogen (secondary N) is 3. The average molecular weight is 240 g/mol. The first-order valence-corrected chi connectivity index (χ1v) is 5.78. The van der Waals surface area contributed by atoms with E-state index in [1.165, 1.54) is 0 Å². The van der Waals surface area contributed by atoms with E-state index in [0.717, 1.165) is 19.3 Å². The molecule has 0 aromatic carbocycles. The van der Waals surface area contributed by atoms with E-state index in [1.807, 2.05) is 0 Å². The maximum absolute atomic E-state index is 11.7. The van der Waals surface area contributed by atoms with Crippen molar-refractivity contribution >= 4 is 5.91 Å². The highest BCUT2D eigenvalue weighted by Crippen LogP contribution is 2.12. The minimum Gasteiger partial charge on any atom is -0.368 e. The fourth-order valence-corrected chi connectivity index (χ4v) is 1.79. The van der Waals surface area contributed by atoms with Gasteiger partial charge in [-0.3, -0.25) is 9.78 Å². The van der Waals surface area contributed by atoms with Crippen molar-refractivity contribution in [3.63, 3.8) is 0 Å². The Morgan fingerprint density at radius 2 is 2.41 bits per heavy atom. The van der Waals surface area contributed by atoms with Crippen molar-refractivity contribution < 1.29 is 9.53 Å². The van der Waals surface area contributed by atoms with E-state index in [4.69, 9.17) is 4.74 Å². The number of aromatic amines is 2. The van der Waals surface area contributed by atoms with Gasteiger partial charge in [-0.15, -0.1) is 0 Å². The summed E-state index contributed by atoms with van der Waals surface area (Å²) in [6, 6.07) is 0. The molecule has 0 spiro atoms. The molecule has 0 bridgehead atoms. The Hall–Kier alpha value is -1.63. The molecule has 1 unspecified atom stereocenters. The fourth-order valence-electron chi connectivity index (χ4n) is 1.79. The average Bonchev–Trinajstić information content (AvgIpc) is 2.76. The fraction of sp³-hybridized carbons (Fsp3) is 0.700. The van der Waals surface area contributed by atoms with Crippen LogP contribution in [0.5, 0.6) is 0 Å². The monoisotopic (exact) mass is 240 g/mol. The summed E-state index contributed by atoms with van der Waals surface area (Å²) in [5.74, 6) is 0.461. The molecule has 2 heterocycles. The molecule has 1 amide bonds. The Labute approximate surface area is 97.9 Å². The minimum absolute atomic E-state index is 0.0809. The molecular formula is C10H16N4O3. The molecule has 1 aromatic heterocycles. The van der Waals surface area contributed by atoms with Crippen molar-refractivity contribution in [2.24, 2.45) is 0 Å². The number of ether oxygens (including phenoxy) is 1. The molecule has 1 aromatic rings. The lowest BCUT2D eigenvalue weighted by molar-refractivity contribution is -0.135. The number of rotatable bonds is 4. The zero-order valence-electron chi connectivity index (χ0n) is 9.49. The molecule has 17 heavy (non-hydrogen) atoms. The number of aromatic nitrogens is 3. The summed E-state index contributed by atoms with van der Waals surface area (Å²) in [5.41, 5.74) is -0.332. The number of carbonyl (C=O) groups excluding carboxylic acids is 1. The third-order valence-corrected chi connectivity index (χ3v) is 2.68. The first kappa shape index (κ1) is 11.8. The standard InChI is InChI=1S/C10H16N4O3/c15-9(7-3-1-2-6-17-7)11-5-4-8-12-10(16)14-13-8/h7H,1-6H2,(H,11,15)(H2,12,13,14,16). The summed E-state index contributed by atoms with van der Waals surface area (Å²) in [7, 11) is 0. The van der Waals surface area contributed by atoms with E-state index in [2.05, 4.69) is 20.5 Å². The molecule has 94 valence electrons. The molecule has 0 radical (unpaired) electrons. The SMILES string of the molecule is O=C(NCCc1n[nH]c(=O)[nH]1)C1CCCCO1. The summed E-state index contributed by atoms with van der Waals surface area (Å²) in [4.78, 5) is 24.9. The van der Waals surface area contributed by atoms with Crippen LogP contribution in [0, 0.1) is 0 Å². The number of nitrogens with zero attached hydrogens (tertiary/aromatic N) is 1. The van der Waals surface area contributed by atoms with Gasteiger partial charge in [-0.1, -0.05) is 0 Å². The van der Waals surface area contributed by atoms with Crippen LogP contribution < -0.4 is 11.0 Å². The Balaban J connectivity index is 1.70. The van der Waals surface area contributed by atoms with Crippen molar-refractivity contribution in [1.29, 1.82) is 0 Å². The van der Waals surface area contributed by atoms with E-state index < -0.39 is 0 Å². The first-order chi connectivity index (χ1) is 8.25. The molecule has 1 aliphatic heterocycles. The van der Waals surface area contributed by atoms with Crippen molar-refractivity contribution in [2.75, 3.05) is 13.2 Å². The maximum atomic E-state index is 11.7. The molecule has 7 heteroatoms. The number of H-pyrrole nitrogens is 2. The molecule has 7 nitrogen and oxygen atoms in total. The Bertz CT molecular complexity index is 419. The zero-order valence-corrected chi connectivity index (χ0v) is 9.49. The van der Waals surface area contributed by atoms with Crippen molar-refractivity contribution in [1.82, 2.24) is 20.5 Å². The Kier molecular flexibility index (Phi) is 3.92. The summed E-state index contributed by atoms with van der Waals surface area (Å²) in [6.45, 7) is 1.10. The quantitative estimate of drug-likeness (QED) is 0.649. The predicted octanol–water partition coefficient (Wildman–Crippen LogP) is -0.674. The second-order valence-corrected chi connectivity index (χ2v) is 4.02. The van der Waals surface area contributed by atoms with Crippen molar-refractivity contribution in [3.8, 4) is 0 Å². The van der Waals surface area contributed by atoms with Crippen molar-refractivity contribution in [3.05, 3.63) is 16.3 Å². The third kappa shape index (κ3) is 3.42. The summed E-state index contributed by atoms with van der Waals surface area (Å²) < 4.78 is 5.35. The van der Waals surface area contributed by atoms with Crippen LogP contribution in [0.25, 0.3) is 0 Å². The van der Waals surface area contributed by atoms with Gasteiger partial charge >= 0.3 is 5.69 Å². The van der Waals surface area contributed by atoms with Gasteiger partial charge in [0.05, 0.1) is 0 Å². The summed E-state index contributed by atoms with van der Waals surface area (Å²) >= 11 is 0. The summed E-state index contributed by atoms with van der Waals surface area (Å²) in [6.07, 6.45) is 3.02. The molecule has 1 saturated heterocycles. The highest BCUT2D eigenvalue weighted by molar-refractivity contribution is 5.80. The van der Waals surface area contributed by atoms with Crippen LogP contribution in [-0.4, -0.2) is 40.3 Å². The molecule has 1 fully saturated rings. The molecule has 0 aliphatic carbocycles. The molecule has 0 saturated carbocycles. The molecule has 3 N–H and O–H groups in total. The lowest BCUT2D eigenvalue weighted by atomic mass is 10.1. The first-order valence-electron chi connectivity index (χ1n) is 5.78. The largest absolute Gasteiger partial charge is 0.368 e. The molecule has 1 aliphatic rings. The van der Waals surface area contributed by atoms with Gasteiger partial charge in [0.15, 0.2) is 0 Å². The molecule has 2 rings (SSSR count). The van der Waals surface area contributed by atoms with Crippen molar-refractivity contribution in [2.45, 2.75) is 31.8 Å². The van der Waals surface area contributed by atoms with Gasteiger partial charge in [0.25, 0.3) is 0 Å². The number of amides is 1. The Morgan fingerprint density at radius 1 is 1.53 bits per heavy atom. The van der Waals surface area contributed by atoms with Gasteiger partial charge in [0, 0.05) is 19.6 Å². The highest BCUT2D eigenvalue weighted by atomic mass is 16.5. The van der Waals surface area contributed by atoms with Gasteiger partial charge in [0.2, 0.25) is 5.91 Å². The van der Waals surface area contributed by atoms with E-state index >= 15 is 0 Å². The Morgan fingerprint density at radius 3 is 3.06 bits per heavy atom. The molecule has 1 atom stereocenters. The smallest absolute Gasteiger partial charge is 0.340 e. The number of hydrogen-bond acceptors (Lipinski definition) is 4. The third-order valence-electron chi connectivity index (χ3n) is 2.68. The topological polar surface area (TPSA) is 99.9 Å². The summed E-state index contributed by atoms with van der Waals surface area (Å²) in [5, 5.41) is 8.79. The van der Waals surface area contributed by atoms with Crippen LogP contribution in [0.15, 0.2) is 4.79 Å². The number of hydrogen-bond donors (Lipinski definition) is 3. The van der Waals surface area contributed by atoms with Crippen LogP contribution in [0.1, 0.15) is 25.1 Å². The maximum Gasteiger partial charge on any atom is 0.340 e. The number of carbonyl (C=O) groups is 1. The predicted molar refractivity (Wildman–Crippen MR) is 59.5 cm³/mol.